The maximum atomic E-state index is 12.3. The van der Waals surface area contributed by atoms with Gasteiger partial charge in [-0.15, -0.1) is 0 Å². The summed E-state index contributed by atoms with van der Waals surface area (Å²) in [4.78, 5) is 12.3. The number of hydrogen-bond acceptors (Lipinski definition) is 2. The minimum Gasteiger partial charge on any atom is -0.327 e. The molecular weight excluding hydrogens is 348 g/mol. The molecule has 1 aliphatic carbocycles. The van der Waals surface area contributed by atoms with Crippen molar-refractivity contribution in [2.24, 2.45) is 0 Å². The topological polar surface area (TPSA) is 59.0 Å². The highest BCUT2D eigenvalue weighted by atomic mass is 16.2. The Morgan fingerprint density at radius 2 is 1.64 bits per heavy atom. The smallest absolute Gasteiger partial charge is 0.319 e. The van der Waals surface area contributed by atoms with Crippen LogP contribution in [-0.2, 0) is 0 Å². The number of para-hydroxylation sites is 1. The van der Waals surface area contributed by atoms with E-state index < -0.39 is 0 Å². The Kier molecular flexibility index (Phi) is 4.20. The molecule has 0 radical (unpaired) electrons. The van der Waals surface area contributed by atoms with Crippen LogP contribution in [0, 0.1) is 0 Å². The van der Waals surface area contributed by atoms with Crippen LogP contribution in [0.25, 0.3) is 16.9 Å². The Bertz CT molecular complexity index is 1040. The molecule has 0 spiro atoms. The Labute approximate surface area is 164 Å². The van der Waals surface area contributed by atoms with E-state index in [1.54, 1.807) is 0 Å². The van der Waals surface area contributed by atoms with Crippen molar-refractivity contribution in [3.63, 3.8) is 0 Å². The van der Waals surface area contributed by atoms with Crippen LogP contribution < -0.4 is 10.6 Å². The molecule has 0 saturated carbocycles. The summed E-state index contributed by atoms with van der Waals surface area (Å²) >= 11 is 0. The van der Waals surface area contributed by atoms with Gasteiger partial charge < -0.3 is 10.6 Å². The van der Waals surface area contributed by atoms with Gasteiger partial charge in [0, 0.05) is 23.0 Å². The number of urea groups is 1. The molecule has 1 aliphatic heterocycles. The van der Waals surface area contributed by atoms with Crippen LogP contribution in [0.4, 0.5) is 4.79 Å². The Morgan fingerprint density at radius 3 is 2.43 bits per heavy atom. The molecule has 0 bridgehead atoms. The molecule has 5 rings (SSSR count). The van der Waals surface area contributed by atoms with Crippen molar-refractivity contribution >= 4 is 6.03 Å². The van der Waals surface area contributed by atoms with E-state index in [0.29, 0.717) is 0 Å². The normalized spacial score (nSPS) is 19.0. The van der Waals surface area contributed by atoms with Crippen LogP contribution in [0.3, 0.4) is 0 Å². The fourth-order valence-corrected chi connectivity index (χ4v) is 4.18. The summed E-state index contributed by atoms with van der Waals surface area (Å²) in [5.74, 6) is 0. The highest BCUT2D eigenvalue weighted by molar-refractivity contribution is 5.80. The molecule has 1 atom stereocenters. The molecule has 0 fully saturated rings. The van der Waals surface area contributed by atoms with Crippen molar-refractivity contribution in [1.29, 1.82) is 0 Å². The molecule has 2 heterocycles. The van der Waals surface area contributed by atoms with Gasteiger partial charge in [0.05, 0.1) is 17.4 Å². The minimum absolute atomic E-state index is 0.128. The molecule has 2 aliphatic rings. The summed E-state index contributed by atoms with van der Waals surface area (Å²) in [6, 6.07) is 20.0. The quantitative estimate of drug-likeness (QED) is 0.701. The number of hydrogen-bond donors (Lipinski definition) is 2. The molecule has 28 heavy (non-hydrogen) atoms. The molecule has 5 nitrogen and oxygen atoms in total. The lowest BCUT2D eigenvalue weighted by atomic mass is 9.86. The lowest BCUT2D eigenvalue weighted by Crippen LogP contribution is -2.44. The molecule has 3 aromatic rings. The number of aromatic nitrogens is 2. The number of carbonyl (C=O) groups excluding carboxylic acids is 1. The van der Waals surface area contributed by atoms with E-state index in [0.717, 1.165) is 53.9 Å². The van der Waals surface area contributed by atoms with Gasteiger partial charge in [-0.3, -0.25) is 0 Å². The van der Waals surface area contributed by atoms with E-state index in [-0.39, 0.29) is 12.1 Å². The first-order chi connectivity index (χ1) is 13.8. The minimum atomic E-state index is -0.142. The van der Waals surface area contributed by atoms with Crippen LogP contribution in [-0.4, -0.2) is 15.8 Å². The lowest BCUT2D eigenvalue weighted by molar-refractivity contribution is 0.236. The van der Waals surface area contributed by atoms with E-state index in [9.17, 15) is 4.79 Å². The third kappa shape index (κ3) is 2.99. The first kappa shape index (κ1) is 16.8. The molecule has 2 amide bonds. The van der Waals surface area contributed by atoms with Crippen molar-refractivity contribution in [1.82, 2.24) is 20.4 Å². The van der Waals surface area contributed by atoms with E-state index in [2.05, 4.69) is 29.0 Å². The lowest BCUT2D eigenvalue weighted by Gasteiger charge is -2.33. The third-order valence-electron chi connectivity index (χ3n) is 5.52. The number of benzene rings is 2. The first-order valence-corrected chi connectivity index (χ1v) is 9.79. The third-order valence-corrected chi connectivity index (χ3v) is 5.52. The zero-order valence-corrected chi connectivity index (χ0v) is 15.6. The summed E-state index contributed by atoms with van der Waals surface area (Å²) in [5.41, 5.74) is 6.39. The second-order valence-corrected chi connectivity index (χ2v) is 7.32. The predicted octanol–water partition coefficient (Wildman–Crippen LogP) is 4.72. The summed E-state index contributed by atoms with van der Waals surface area (Å²) in [7, 11) is 0. The number of rotatable bonds is 3. The van der Waals surface area contributed by atoms with Gasteiger partial charge in [-0.2, -0.15) is 5.10 Å². The van der Waals surface area contributed by atoms with Crippen LogP contribution >= 0.6 is 0 Å². The number of nitrogens with one attached hydrogen (secondary N) is 2. The van der Waals surface area contributed by atoms with Crippen LogP contribution in [0.15, 0.2) is 78.1 Å². The summed E-state index contributed by atoms with van der Waals surface area (Å²) in [6.45, 7) is 0. The molecule has 0 saturated heterocycles. The average molecular weight is 370 g/mol. The van der Waals surface area contributed by atoms with Crippen LogP contribution in [0.1, 0.15) is 37.3 Å². The van der Waals surface area contributed by atoms with Gasteiger partial charge in [-0.05, 0) is 43.4 Å². The Balaban J connectivity index is 1.67. The van der Waals surface area contributed by atoms with Gasteiger partial charge in [0.1, 0.15) is 0 Å². The number of amides is 2. The van der Waals surface area contributed by atoms with Crippen molar-refractivity contribution in [2.75, 3.05) is 0 Å². The Hall–Kier alpha value is -3.34. The highest BCUT2D eigenvalue weighted by Crippen LogP contribution is 2.39. The van der Waals surface area contributed by atoms with Crippen molar-refractivity contribution in [2.45, 2.75) is 31.7 Å². The number of carbonyl (C=O) groups is 1. The molecule has 1 aromatic heterocycles. The van der Waals surface area contributed by atoms with Gasteiger partial charge in [0.15, 0.2) is 0 Å². The van der Waals surface area contributed by atoms with Gasteiger partial charge in [-0.1, -0.05) is 48.5 Å². The standard InChI is InChI=1S/C23H22N4O/c28-23-24-20-14-8-7-13-18(20)22(25-23)19-15-27(17-11-5-2-6-12-17)26-21(19)16-9-3-1-4-10-16/h1-6,9-12,15,22H,7-8,13-14H2,(H2,24,25,28). The van der Waals surface area contributed by atoms with Crippen molar-refractivity contribution in [3.8, 4) is 16.9 Å². The molecule has 5 heteroatoms. The fraction of sp³-hybridized carbons (Fsp3) is 0.217. The van der Waals surface area contributed by atoms with E-state index >= 15 is 0 Å². The van der Waals surface area contributed by atoms with Gasteiger partial charge >= 0.3 is 6.03 Å². The highest BCUT2D eigenvalue weighted by Gasteiger charge is 2.32. The SMILES string of the molecule is O=C1NC2=C(CCCC2)C(c2cn(-c3ccccc3)nc2-c2ccccc2)N1. The molecule has 2 N–H and O–H groups in total. The summed E-state index contributed by atoms with van der Waals surface area (Å²) < 4.78 is 1.91. The fourth-order valence-electron chi connectivity index (χ4n) is 4.18. The summed E-state index contributed by atoms with van der Waals surface area (Å²) in [6.07, 6.45) is 6.28. The second-order valence-electron chi connectivity index (χ2n) is 7.32. The van der Waals surface area contributed by atoms with Crippen molar-refractivity contribution < 1.29 is 4.79 Å². The zero-order chi connectivity index (χ0) is 18.9. The summed E-state index contributed by atoms with van der Waals surface area (Å²) in [5, 5.41) is 11.1. The van der Waals surface area contributed by atoms with E-state index in [4.69, 9.17) is 5.10 Å². The van der Waals surface area contributed by atoms with Crippen LogP contribution in [0.2, 0.25) is 0 Å². The van der Waals surface area contributed by atoms with Gasteiger partial charge in [0.2, 0.25) is 0 Å². The Morgan fingerprint density at radius 1 is 0.929 bits per heavy atom. The van der Waals surface area contributed by atoms with E-state index in [1.165, 1.54) is 5.57 Å². The molecule has 2 aromatic carbocycles. The predicted molar refractivity (Wildman–Crippen MR) is 109 cm³/mol. The molecular formula is C23H22N4O. The first-order valence-electron chi connectivity index (χ1n) is 9.79. The maximum Gasteiger partial charge on any atom is 0.319 e. The average Bonchev–Trinajstić information content (AvgIpc) is 3.20. The largest absolute Gasteiger partial charge is 0.327 e. The maximum absolute atomic E-state index is 12.3. The second kappa shape index (κ2) is 7.00. The van der Waals surface area contributed by atoms with Gasteiger partial charge in [0.25, 0.3) is 0 Å². The monoisotopic (exact) mass is 370 g/mol. The van der Waals surface area contributed by atoms with Crippen LogP contribution in [0.5, 0.6) is 0 Å². The van der Waals surface area contributed by atoms with Crippen molar-refractivity contribution in [3.05, 3.63) is 83.7 Å². The number of nitrogens with zero attached hydrogens (tertiary/aromatic N) is 2. The molecule has 1 unspecified atom stereocenters. The zero-order valence-electron chi connectivity index (χ0n) is 15.6. The van der Waals surface area contributed by atoms with E-state index in [1.807, 2.05) is 53.2 Å². The van der Waals surface area contributed by atoms with Gasteiger partial charge in [-0.25, -0.2) is 9.48 Å². The number of allylic oxidation sites excluding steroid dienone is 1. The molecule has 140 valence electrons.